The number of rotatable bonds is 5. The summed E-state index contributed by atoms with van der Waals surface area (Å²) >= 11 is 1.13. The van der Waals surface area contributed by atoms with Crippen LogP contribution in [0.4, 0.5) is 10.8 Å². The van der Waals surface area contributed by atoms with Gasteiger partial charge in [0, 0.05) is 30.8 Å². The van der Waals surface area contributed by atoms with E-state index in [1.54, 1.807) is 0 Å². The largest absolute Gasteiger partial charge is 0.298 e. The van der Waals surface area contributed by atoms with E-state index in [-0.39, 0.29) is 10.6 Å². The van der Waals surface area contributed by atoms with Crippen molar-refractivity contribution in [3.63, 3.8) is 0 Å². The third-order valence-corrected chi connectivity index (χ3v) is 7.97. The Morgan fingerprint density at radius 2 is 1.74 bits per heavy atom. The van der Waals surface area contributed by atoms with Crippen molar-refractivity contribution in [2.75, 3.05) is 18.4 Å². The molecule has 0 unspecified atom stereocenters. The zero-order valence-electron chi connectivity index (χ0n) is 16.5. The van der Waals surface area contributed by atoms with E-state index in [2.05, 4.69) is 10.3 Å². The molecule has 11 heteroatoms. The number of sulfonamides is 1. The molecule has 0 bridgehead atoms. The molecule has 2 heterocycles. The van der Waals surface area contributed by atoms with Crippen LogP contribution in [0.2, 0.25) is 0 Å². The van der Waals surface area contributed by atoms with E-state index in [4.69, 9.17) is 0 Å². The number of aromatic nitrogens is 1. The van der Waals surface area contributed by atoms with Crippen LogP contribution in [0.5, 0.6) is 0 Å². The van der Waals surface area contributed by atoms with Crippen LogP contribution in [0.25, 0.3) is 10.2 Å². The molecule has 1 amide bonds. The second-order valence-corrected chi connectivity index (χ2v) is 10.2. The number of fused-ring (bicyclic) bond motifs is 1. The highest BCUT2D eigenvalue weighted by Crippen LogP contribution is 2.29. The van der Waals surface area contributed by atoms with Crippen LogP contribution in [0, 0.1) is 10.1 Å². The Morgan fingerprint density at radius 3 is 2.39 bits per heavy atom. The molecular weight excluding hydrogens is 440 g/mol. The van der Waals surface area contributed by atoms with Gasteiger partial charge in [-0.2, -0.15) is 4.31 Å². The highest BCUT2D eigenvalue weighted by molar-refractivity contribution is 7.89. The van der Waals surface area contributed by atoms with Crippen molar-refractivity contribution in [2.24, 2.45) is 0 Å². The predicted molar refractivity (Wildman–Crippen MR) is 118 cm³/mol. The van der Waals surface area contributed by atoms with Crippen LogP contribution in [0.15, 0.2) is 47.4 Å². The van der Waals surface area contributed by atoms with Gasteiger partial charge in [-0.25, -0.2) is 13.4 Å². The van der Waals surface area contributed by atoms with E-state index in [1.807, 2.05) is 0 Å². The molecule has 1 aromatic heterocycles. The number of nitrogens with zero attached hydrogens (tertiary/aromatic N) is 3. The third-order valence-electron chi connectivity index (χ3n) is 5.12. The van der Waals surface area contributed by atoms with Gasteiger partial charge in [0.25, 0.3) is 11.6 Å². The molecule has 1 aliphatic rings. The first-order valence-corrected chi connectivity index (χ1v) is 12.1. The maximum Gasteiger partial charge on any atom is 0.270 e. The zero-order chi connectivity index (χ0) is 22.0. The molecule has 9 nitrogen and oxygen atoms in total. The molecule has 1 N–H and O–H groups in total. The number of nitro groups is 1. The van der Waals surface area contributed by atoms with Gasteiger partial charge in [-0.1, -0.05) is 24.2 Å². The molecule has 2 aromatic carbocycles. The van der Waals surface area contributed by atoms with Gasteiger partial charge in [0.2, 0.25) is 10.0 Å². The Morgan fingerprint density at radius 1 is 1.06 bits per heavy atom. The molecular formula is C20H20N4O5S2. The van der Waals surface area contributed by atoms with E-state index < -0.39 is 20.9 Å². The molecule has 31 heavy (non-hydrogen) atoms. The van der Waals surface area contributed by atoms with Crippen molar-refractivity contribution in [1.29, 1.82) is 0 Å². The van der Waals surface area contributed by atoms with E-state index >= 15 is 0 Å². The van der Waals surface area contributed by atoms with Crippen molar-refractivity contribution in [1.82, 2.24) is 9.29 Å². The second kappa shape index (κ2) is 8.69. The first-order valence-electron chi connectivity index (χ1n) is 9.81. The van der Waals surface area contributed by atoms with Gasteiger partial charge in [-0.15, -0.1) is 0 Å². The average molecular weight is 461 g/mol. The summed E-state index contributed by atoms with van der Waals surface area (Å²) in [5.74, 6) is -0.438. The normalized spacial score (nSPS) is 15.5. The maximum atomic E-state index is 12.9. The number of nitro benzene ring substituents is 1. The van der Waals surface area contributed by atoms with E-state index in [0.717, 1.165) is 37.0 Å². The van der Waals surface area contributed by atoms with E-state index in [9.17, 15) is 23.3 Å². The first kappa shape index (κ1) is 21.3. The highest BCUT2D eigenvalue weighted by Gasteiger charge is 2.25. The number of anilines is 1. The van der Waals surface area contributed by atoms with E-state index in [1.165, 1.54) is 46.8 Å². The molecule has 0 saturated carbocycles. The van der Waals surface area contributed by atoms with Crippen molar-refractivity contribution in [2.45, 2.75) is 30.6 Å². The summed E-state index contributed by atoms with van der Waals surface area (Å²) in [6.45, 7) is 1.03. The lowest BCUT2D eigenvalue weighted by molar-refractivity contribution is -0.384. The number of non-ortho nitro benzene ring substituents is 1. The summed E-state index contributed by atoms with van der Waals surface area (Å²) in [7, 11) is -3.58. The molecule has 0 atom stereocenters. The molecule has 4 rings (SSSR count). The number of carbonyl (C=O) groups is 1. The van der Waals surface area contributed by atoms with Crippen molar-refractivity contribution in [3.05, 3.63) is 58.1 Å². The van der Waals surface area contributed by atoms with Gasteiger partial charge in [-0.3, -0.25) is 20.2 Å². The maximum absolute atomic E-state index is 12.9. The first-order chi connectivity index (χ1) is 14.8. The van der Waals surface area contributed by atoms with Crippen LogP contribution in [-0.4, -0.2) is 41.6 Å². The second-order valence-electron chi connectivity index (χ2n) is 7.22. The predicted octanol–water partition coefficient (Wildman–Crippen LogP) is 4.02. The molecule has 162 valence electrons. The average Bonchev–Trinajstić information content (AvgIpc) is 2.95. The number of hydrogen-bond donors (Lipinski definition) is 1. The summed E-state index contributed by atoms with van der Waals surface area (Å²) in [4.78, 5) is 27.4. The van der Waals surface area contributed by atoms with Crippen molar-refractivity contribution in [3.8, 4) is 0 Å². The molecule has 0 spiro atoms. The molecule has 0 radical (unpaired) electrons. The smallest absolute Gasteiger partial charge is 0.270 e. The Kier molecular flexibility index (Phi) is 5.99. The molecule has 1 saturated heterocycles. The number of nitrogens with one attached hydrogen (secondary N) is 1. The summed E-state index contributed by atoms with van der Waals surface area (Å²) < 4.78 is 27.8. The summed E-state index contributed by atoms with van der Waals surface area (Å²) in [6.07, 6.45) is 3.77. The minimum Gasteiger partial charge on any atom is -0.298 e. The minimum atomic E-state index is -3.58. The summed E-state index contributed by atoms with van der Waals surface area (Å²) in [5.41, 5.74) is 0.792. The Hall–Kier alpha value is -2.89. The fraction of sp³-hybridized carbons (Fsp3) is 0.300. The van der Waals surface area contributed by atoms with Gasteiger partial charge in [0.1, 0.15) is 0 Å². The standard InChI is InChI=1S/C20H20N4O5S2/c25-19(22-20-21-17-10-7-15(24(26)27)13-18(17)30-20)14-5-8-16(9-6-14)31(28,29)23-11-3-1-2-4-12-23/h5-10,13H,1-4,11-12H2,(H,21,22,25). The van der Waals surface area contributed by atoms with Crippen LogP contribution in [-0.2, 0) is 10.0 Å². The van der Waals surface area contributed by atoms with Crippen molar-refractivity contribution >= 4 is 48.3 Å². The number of thiazole rings is 1. The summed E-state index contributed by atoms with van der Waals surface area (Å²) in [6, 6.07) is 10.1. The molecule has 0 aliphatic carbocycles. The Balaban J connectivity index is 1.49. The Labute approximate surface area is 182 Å². The number of benzene rings is 2. The zero-order valence-corrected chi connectivity index (χ0v) is 18.1. The lowest BCUT2D eigenvalue weighted by Gasteiger charge is -2.20. The number of hydrogen-bond acceptors (Lipinski definition) is 7. The summed E-state index contributed by atoms with van der Waals surface area (Å²) in [5, 5.41) is 13.9. The lowest BCUT2D eigenvalue weighted by atomic mass is 10.2. The fourth-order valence-corrected chi connectivity index (χ4v) is 5.87. The highest BCUT2D eigenvalue weighted by atomic mass is 32.2. The lowest BCUT2D eigenvalue weighted by Crippen LogP contribution is -2.31. The quantitative estimate of drug-likeness (QED) is 0.453. The minimum absolute atomic E-state index is 0.0461. The SMILES string of the molecule is O=C(Nc1nc2ccc([N+](=O)[O-])cc2s1)c1ccc(S(=O)(=O)N2CCCCCC2)cc1. The molecule has 3 aromatic rings. The van der Waals surface area contributed by atoms with Gasteiger partial charge in [0.05, 0.1) is 20.0 Å². The van der Waals surface area contributed by atoms with Crippen molar-refractivity contribution < 1.29 is 18.1 Å². The van der Waals surface area contributed by atoms with Crippen LogP contribution in [0.3, 0.4) is 0 Å². The van der Waals surface area contributed by atoms with Crippen LogP contribution < -0.4 is 5.32 Å². The monoisotopic (exact) mass is 460 g/mol. The molecule has 1 fully saturated rings. The fourth-order valence-electron chi connectivity index (χ4n) is 3.46. The number of carbonyl (C=O) groups excluding carboxylic acids is 1. The van der Waals surface area contributed by atoms with Gasteiger partial charge < -0.3 is 0 Å². The van der Waals surface area contributed by atoms with Gasteiger partial charge in [-0.05, 0) is 43.2 Å². The Bertz CT molecular complexity index is 1230. The molecule has 1 aliphatic heterocycles. The van der Waals surface area contributed by atoms with Crippen LogP contribution in [0.1, 0.15) is 36.0 Å². The van der Waals surface area contributed by atoms with Gasteiger partial charge >= 0.3 is 0 Å². The van der Waals surface area contributed by atoms with E-state index in [0.29, 0.717) is 34.0 Å². The topological polar surface area (TPSA) is 123 Å². The number of amides is 1. The van der Waals surface area contributed by atoms with Gasteiger partial charge in [0.15, 0.2) is 5.13 Å². The third kappa shape index (κ3) is 4.58. The van der Waals surface area contributed by atoms with Crippen LogP contribution >= 0.6 is 11.3 Å².